The van der Waals surface area contributed by atoms with E-state index in [0.29, 0.717) is 5.41 Å². The Hall–Kier alpha value is -0.450. The summed E-state index contributed by atoms with van der Waals surface area (Å²) in [4.78, 5) is 6.05. The highest BCUT2D eigenvalue weighted by molar-refractivity contribution is 7.11. The van der Waals surface area contributed by atoms with Crippen molar-refractivity contribution < 1.29 is 4.74 Å². The van der Waals surface area contributed by atoms with Crippen molar-refractivity contribution in [3.63, 3.8) is 0 Å². The molecule has 0 aliphatic rings. The highest BCUT2D eigenvalue weighted by Crippen LogP contribution is 2.32. The van der Waals surface area contributed by atoms with Crippen molar-refractivity contribution in [1.29, 1.82) is 0 Å². The van der Waals surface area contributed by atoms with Crippen molar-refractivity contribution in [2.75, 3.05) is 26.8 Å². The zero-order valence-corrected chi connectivity index (χ0v) is 13.8. The number of hydrogen-bond acceptors (Lipinski definition) is 4. The van der Waals surface area contributed by atoms with Crippen molar-refractivity contribution in [2.24, 2.45) is 5.41 Å². The average molecular weight is 284 g/mol. The molecule has 1 heterocycles. The maximum atomic E-state index is 5.09. The van der Waals surface area contributed by atoms with Crippen LogP contribution in [0.15, 0.2) is 0 Å². The van der Waals surface area contributed by atoms with E-state index >= 15 is 0 Å². The predicted octanol–water partition coefficient (Wildman–Crippen LogP) is 3.34. The monoisotopic (exact) mass is 284 g/mol. The second-order valence-corrected chi connectivity index (χ2v) is 6.59. The summed E-state index contributed by atoms with van der Waals surface area (Å²) in [5.41, 5.74) is 1.51. The Balaban J connectivity index is 2.64. The van der Waals surface area contributed by atoms with Gasteiger partial charge in [-0.2, -0.15) is 0 Å². The summed E-state index contributed by atoms with van der Waals surface area (Å²) in [6, 6.07) is 0. The number of hydrogen-bond donors (Lipinski definition) is 1. The van der Waals surface area contributed by atoms with Gasteiger partial charge in [-0.25, -0.2) is 4.98 Å². The Morgan fingerprint density at radius 1 is 1.26 bits per heavy atom. The molecular weight excluding hydrogens is 256 g/mol. The van der Waals surface area contributed by atoms with Crippen molar-refractivity contribution in [3.05, 3.63) is 15.6 Å². The molecule has 1 aromatic heterocycles. The van der Waals surface area contributed by atoms with Gasteiger partial charge in [0.05, 0.1) is 17.3 Å². The summed E-state index contributed by atoms with van der Waals surface area (Å²) in [5, 5.41) is 4.81. The summed E-state index contributed by atoms with van der Waals surface area (Å²) in [5.74, 6) is 0. The van der Waals surface area contributed by atoms with Gasteiger partial charge in [0.25, 0.3) is 0 Å². The Kier molecular flexibility index (Phi) is 6.97. The minimum Gasteiger partial charge on any atom is -0.383 e. The Bertz CT molecular complexity index is 353. The highest BCUT2D eigenvalue weighted by atomic mass is 32.1. The third-order valence-corrected chi connectivity index (χ3v) is 5.15. The molecule has 0 atom stereocenters. The molecule has 0 bridgehead atoms. The summed E-state index contributed by atoms with van der Waals surface area (Å²) in [7, 11) is 1.75. The smallest absolute Gasteiger partial charge is 0.0936 e. The molecule has 1 rings (SSSR count). The summed E-state index contributed by atoms with van der Waals surface area (Å²) in [6.07, 6.45) is 3.45. The number of aryl methyl sites for hydroxylation is 2. The molecule has 4 heteroatoms. The van der Waals surface area contributed by atoms with E-state index in [1.54, 1.807) is 7.11 Å². The van der Waals surface area contributed by atoms with Crippen LogP contribution in [0.2, 0.25) is 0 Å². The Labute approximate surface area is 121 Å². The van der Waals surface area contributed by atoms with E-state index in [1.807, 2.05) is 11.3 Å². The second kappa shape index (κ2) is 7.98. The van der Waals surface area contributed by atoms with E-state index in [4.69, 9.17) is 9.72 Å². The number of nitrogens with one attached hydrogen (secondary N) is 1. The van der Waals surface area contributed by atoms with Gasteiger partial charge in [-0.3, -0.25) is 0 Å². The largest absolute Gasteiger partial charge is 0.383 e. The molecule has 0 unspecified atom stereocenters. The quantitative estimate of drug-likeness (QED) is 0.706. The normalized spacial score (nSPS) is 12.1. The van der Waals surface area contributed by atoms with E-state index in [9.17, 15) is 0 Å². The zero-order valence-electron chi connectivity index (χ0n) is 13.0. The third-order valence-electron chi connectivity index (χ3n) is 4.08. The van der Waals surface area contributed by atoms with E-state index in [0.717, 1.165) is 26.1 Å². The average Bonchev–Trinajstić information content (AvgIpc) is 2.72. The molecule has 0 aliphatic carbocycles. The van der Waals surface area contributed by atoms with Gasteiger partial charge in [-0.05, 0) is 32.1 Å². The topological polar surface area (TPSA) is 34.1 Å². The van der Waals surface area contributed by atoms with Crippen LogP contribution in [-0.2, 0) is 11.2 Å². The molecule has 1 N–H and O–H groups in total. The van der Waals surface area contributed by atoms with Crippen LogP contribution in [0.25, 0.3) is 0 Å². The van der Waals surface area contributed by atoms with Gasteiger partial charge in [0.15, 0.2) is 0 Å². The predicted molar refractivity (Wildman–Crippen MR) is 83.1 cm³/mol. The lowest BCUT2D eigenvalue weighted by Crippen LogP contribution is -2.36. The van der Waals surface area contributed by atoms with Gasteiger partial charge >= 0.3 is 0 Å². The molecule has 0 aromatic carbocycles. The number of nitrogens with zero attached hydrogens (tertiary/aromatic N) is 1. The number of methoxy groups -OCH3 is 1. The molecular formula is C15H28N2OS. The fourth-order valence-corrected chi connectivity index (χ4v) is 3.38. The first-order chi connectivity index (χ1) is 9.06. The van der Waals surface area contributed by atoms with E-state index < -0.39 is 0 Å². The molecule has 0 spiro atoms. The lowest BCUT2D eigenvalue weighted by atomic mass is 9.79. The molecule has 0 amide bonds. The number of rotatable bonds is 9. The minimum absolute atomic E-state index is 0.324. The van der Waals surface area contributed by atoms with Gasteiger partial charge in [0, 0.05) is 31.5 Å². The molecule has 0 fully saturated rings. The van der Waals surface area contributed by atoms with Gasteiger partial charge in [-0.1, -0.05) is 13.8 Å². The van der Waals surface area contributed by atoms with Crippen LogP contribution in [-0.4, -0.2) is 31.8 Å². The van der Waals surface area contributed by atoms with E-state index in [1.165, 1.54) is 28.4 Å². The SMILES string of the molecule is CCC(CC)(CNCCOC)Cc1nc(C)c(C)s1. The van der Waals surface area contributed by atoms with Gasteiger partial charge in [0.1, 0.15) is 0 Å². The van der Waals surface area contributed by atoms with Gasteiger partial charge in [-0.15, -0.1) is 11.3 Å². The van der Waals surface area contributed by atoms with Crippen LogP contribution < -0.4 is 5.32 Å². The molecule has 0 radical (unpaired) electrons. The first-order valence-electron chi connectivity index (χ1n) is 7.19. The number of aromatic nitrogens is 1. The first-order valence-corrected chi connectivity index (χ1v) is 8.01. The zero-order chi connectivity index (χ0) is 14.3. The summed E-state index contributed by atoms with van der Waals surface area (Å²) >= 11 is 1.85. The van der Waals surface area contributed by atoms with Crippen LogP contribution in [0, 0.1) is 19.3 Å². The van der Waals surface area contributed by atoms with Crippen LogP contribution >= 0.6 is 11.3 Å². The second-order valence-electron chi connectivity index (χ2n) is 5.30. The minimum atomic E-state index is 0.324. The molecule has 0 saturated carbocycles. The van der Waals surface area contributed by atoms with Gasteiger partial charge < -0.3 is 10.1 Å². The van der Waals surface area contributed by atoms with E-state index in [2.05, 4.69) is 33.0 Å². The Morgan fingerprint density at radius 3 is 2.42 bits per heavy atom. The lowest BCUT2D eigenvalue weighted by Gasteiger charge is -2.31. The van der Waals surface area contributed by atoms with Crippen molar-refractivity contribution >= 4 is 11.3 Å². The molecule has 19 heavy (non-hydrogen) atoms. The van der Waals surface area contributed by atoms with Crippen LogP contribution in [0.3, 0.4) is 0 Å². The van der Waals surface area contributed by atoms with Crippen molar-refractivity contribution in [1.82, 2.24) is 10.3 Å². The molecule has 110 valence electrons. The molecule has 3 nitrogen and oxygen atoms in total. The fraction of sp³-hybridized carbons (Fsp3) is 0.800. The lowest BCUT2D eigenvalue weighted by molar-refractivity contribution is 0.185. The molecule has 0 aliphatic heterocycles. The molecule has 0 saturated heterocycles. The number of thiazole rings is 1. The van der Waals surface area contributed by atoms with Gasteiger partial charge in [0.2, 0.25) is 0 Å². The van der Waals surface area contributed by atoms with Crippen LogP contribution in [0.4, 0.5) is 0 Å². The summed E-state index contributed by atoms with van der Waals surface area (Å²) < 4.78 is 5.09. The first kappa shape index (κ1) is 16.6. The van der Waals surface area contributed by atoms with Crippen LogP contribution in [0.1, 0.15) is 42.3 Å². The van der Waals surface area contributed by atoms with Crippen LogP contribution in [0.5, 0.6) is 0 Å². The molecule has 1 aromatic rings. The number of ether oxygens (including phenoxy) is 1. The maximum Gasteiger partial charge on any atom is 0.0936 e. The Morgan fingerprint density at radius 2 is 1.95 bits per heavy atom. The highest BCUT2D eigenvalue weighted by Gasteiger charge is 2.27. The summed E-state index contributed by atoms with van der Waals surface area (Å²) in [6.45, 7) is 11.6. The fourth-order valence-electron chi connectivity index (χ4n) is 2.28. The standard InChI is InChI=1S/C15H28N2OS/c1-6-15(7-2,11-16-8-9-18-5)10-14-17-12(3)13(4)19-14/h16H,6-11H2,1-5H3. The van der Waals surface area contributed by atoms with Crippen molar-refractivity contribution in [2.45, 2.75) is 47.0 Å². The maximum absolute atomic E-state index is 5.09. The van der Waals surface area contributed by atoms with Crippen molar-refractivity contribution in [3.8, 4) is 0 Å². The third kappa shape index (κ3) is 4.86. The van der Waals surface area contributed by atoms with E-state index in [-0.39, 0.29) is 0 Å².